The van der Waals surface area contributed by atoms with E-state index in [9.17, 15) is 9.59 Å². The zero-order chi connectivity index (χ0) is 24.1. The number of anilines is 2. The number of halogens is 2. The molecule has 1 N–H and O–H groups in total. The van der Waals surface area contributed by atoms with Crippen LogP contribution in [0.2, 0.25) is 10.0 Å². The molecule has 4 rings (SSSR count). The molecule has 0 spiro atoms. The van der Waals surface area contributed by atoms with Gasteiger partial charge in [0.05, 0.1) is 12.4 Å². The summed E-state index contributed by atoms with van der Waals surface area (Å²) in [4.78, 5) is 26.7. The summed E-state index contributed by atoms with van der Waals surface area (Å²) >= 11 is 13.4. The number of hydrogen-bond acceptors (Lipinski definition) is 5. The summed E-state index contributed by atoms with van der Waals surface area (Å²) in [5.74, 6) is 1.05. The maximum Gasteiger partial charge on any atom is 0.262 e. The first kappa shape index (κ1) is 24.3. The number of amides is 2. The van der Waals surface area contributed by atoms with Crippen molar-refractivity contribution in [1.82, 2.24) is 0 Å². The molecule has 1 fully saturated rings. The van der Waals surface area contributed by atoms with Crippen LogP contribution in [0.1, 0.15) is 17.9 Å². The predicted molar refractivity (Wildman–Crippen MR) is 137 cm³/mol. The minimum atomic E-state index is -0.306. The van der Waals surface area contributed by atoms with E-state index in [0.717, 1.165) is 11.3 Å². The van der Waals surface area contributed by atoms with Gasteiger partial charge in [-0.15, -0.1) is 11.8 Å². The quantitative estimate of drug-likeness (QED) is 0.386. The fourth-order valence-electron chi connectivity index (χ4n) is 3.49. The highest BCUT2D eigenvalue weighted by Crippen LogP contribution is 2.44. The van der Waals surface area contributed by atoms with Gasteiger partial charge in [0.25, 0.3) is 5.91 Å². The highest BCUT2D eigenvalue weighted by molar-refractivity contribution is 8.00. The summed E-state index contributed by atoms with van der Waals surface area (Å²) in [6.45, 7) is 2.11. The molecule has 0 bridgehead atoms. The lowest BCUT2D eigenvalue weighted by Crippen LogP contribution is -2.27. The standard InChI is InChI=1S/C25H22Cl2N2O4S/c1-2-32-22-13-16(25-29(24(31)15-34-25)20-10-6-18(27)7-11-20)3-12-21(22)33-14-23(30)28-19-8-4-17(26)5-9-19/h3-13,25H,2,14-15H2,1H3,(H,28,30)/t25-/m0/s1. The van der Waals surface area contributed by atoms with Crippen LogP contribution in [0, 0.1) is 0 Å². The first-order valence-corrected chi connectivity index (χ1v) is 12.4. The lowest BCUT2D eigenvalue weighted by atomic mass is 10.1. The van der Waals surface area contributed by atoms with Crippen molar-refractivity contribution in [2.75, 3.05) is 29.2 Å². The molecule has 1 aliphatic heterocycles. The third-order valence-corrected chi connectivity index (χ3v) is 6.73. The predicted octanol–water partition coefficient (Wildman–Crippen LogP) is 6.19. The van der Waals surface area contributed by atoms with Crippen LogP contribution in [-0.2, 0) is 9.59 Å². The Morgan fingerprint density at radius 2 is 1.68 bits per heavy atom. The Morgan fingerprint density at radius 1 is 1.00 bits per heavy atom. The lowest BCUT2D eigenvalue weighted by Gasteiger charge is -2.25. The van der Waals surface area contributed by atoms with Gasteiger partial charge in [0.15, 0.2) is 18.1 Å². The summed E-state index contributed by atoms with van der Waals surface area (Å²) in [6.07, 6.45) is 0. The number of nitrogens with zero attached hydrogens (tertiary/aromatic N) is 1. The molecule has 1 heterocycles. The maximum atomic E-state index is 12.6. The molecular weight excluding hydrogens is 495 g/mol. The van der Waals surface area contributed by atoms with E-state index in [2.05, 4.69) is 5.32 Å². The zero-order valence-corrected chi connectivity index (χ0v) is 20.6. The first-order valence-electron chi connectivity index (χ1n) is 10.6. The van der Waals surface area contributed by atoms with E-state index >= 15 is 0 Å². The van der Waals surface area contributed by atoms with E-state index in [0.29, 0.717) is 39.6 Å². The normalized spacial score (nSPS) is 15.3. The van der Waals surface area contributed by atoms with Gasteiger partial charge in [0.2, 0.25) is 5.91 Å². The van der Waals surface area contributed by atoms with E-state index in [-0.39, 0.29) is 23.8 Å². The van der Waals surface area contributed by atoms with Crippen molar-refractivity contribution in [1.29, 1.82) is 0 Å². The smallest absolute Gasteiger partial charge is 0.262 e. The molecule has 0 unspecified atom stereocenters. The van der Waals surface area contributed by atoms with Gasteiger partial charge in [-0.2, -0.15) is 0 Å². The minimum Gasteiger partial charge on any atom is -0.490 e. The zero-order valence-electron chi connectivity index (χ0n) is 18.3. The van der Waals surface area contributed by atoms with Gasteiger partial charge in [-0.05, 0) is 73.2 Å². The van der Waals surface area contributed by atoms with Gasteiger partial charge < -0.3 is 14.8 Å². The number of thioether (sulfide) groups is 1. The molecule has 0 saturated carbocycles. The largest absolute Gasteiger partial charge is 0.490 e. The maximum absolute atomic E-state index is 12.6. The Morgan fingerprint density at radius 3 is 2.35 bits per heavy atom. The highest BCUT2D eigenvalue weighted by Gasteiger charge is 2.34. The van der Waals surface area contributed by atoms with Gasteiger partial charge in [-0.3, -0.25) is 14.5 Å². The van der Waals surface area contributed by atoms with Crippen molar-refractivity contribution >= 4 is 58.2 Å². The third kappa shape index (κ3) is 5.78. The van der Waals surface area contributed by atoms with Crippen molar-refractivity contribution in [3.63, 3.8) is 0 Å². The molecule has 0 aliphatic carbocycles. The van der Waals surface area contributed by atoms with Gasteiger partial charge in [0, 0.05) is 21.4 Å². The second-order valence-electron chi connectivity index (χ2n) is 7.39. The average Bonchev–Trinajstić information content (AvgIpc) is 3.22. The fourth-order valence-corrected chi connectivity index (χ4v) is 4.91. The molecule has 1 atom stereocenters. The number of benzene rings is 3. The van der Waals surface area contributed by atoms with Crippen molar-refractivity contribution in [2.45, 2.75) is 12.3 Å². The van der Waals surface area contributed by atoms with Crippen LogP contribution in [0.4, 0.5) is 11.4 Å². The highest BCUT2D eigenvalue weighted by atomic mass is 35.5. The molecule has 0 aromatic heterocycles. The summed E-state index contributed by atoms with van der Waals surface area (Å²) < 4.78 is 11.5. The molecule has 0 radical (unpaired) electrons. The average molecular weight is 517 g/mol. The number of carbonyl (C=O) groups is 2. The topological polar surface area (TPSA) is 67.9 Å². The summed E-state index contributed by atoms with van der Waals surface area (Å²) in [6, 6.07) is 19.5. The number of hydrogen-bond donors (Lipinski definition) is 1. The fraction of sp³-hybridized carbons (Fsp3) is 0.200. The summed E-state index contributed by atoms with van der Waals surface area (Å²) in [5, 5.41) is 3.75. The van der Waals surface area contributed by atoms with Crippen molar-refractivity contribution in [3.05, 3.63) is 82.3 Å². The van der Waals surface area contributed by atoms with Gasteiger partial charge >= 0.3 is 0 Å². The van der Waals surface area contributed by atoms with E-state index in [1.165, 1.54) is 11.8 Å². The van der Waals surface area contributed by atoms with Crippen LogP contribution in [0.3, 0.4) is 0 Å². The summed E-state index contributed by atoms with van der Waals surface area (Å²) in [7, 11) is 0. The number of ether oxygens (including phenoxy) is 2. The Bertz CT molecular complexity index is 1170. The van der Waals surface area contributed by atoms with Crippen LogP contribution in [0.25, 0.3) is 0 Å². The number of rotatable bonds is 8. The van der Waals surface area contributed by atoms with Crippen molar-refractivity contribution < 1.29 is 19.1 Å². The second-order valence-corrected chi connectivity index (χ2v) is 9.33. The molecule has 176 valence electrons. The molecule has 2 amide bonds. The van der Waals surface area contributed by atoms with Crippen LogP contribution in [0.5, 0.6) is 11.5 Å². The van der Waals surface area contributed by atoms with Crippen molar-refractivity contribution in [3.8, 4) is 11.5 Å². The molecule has 1 saturated heterocycles. The molecule has 1 aliphatic rings. The Kier molecular flexibility index (Phi) is 7.88. The molecule has 34 heavy (non-hydrogen) atoms. The van der Waals surface area contributed by atoms with Gasteiger partial charge in [-0.1, -0.05) is 29.3 Å². The minimum absolute atomic E-state index is 0.0227. The molecular formula is C25H22Cl2N2O4S. The molecule has 3 aromatic rings. The van der Waals surface area contributed by atoms with Crippen LogP contribution >= 0.6 is 35.0 Å². The van der Waals surface area contributed by atoms with Crippen LogP contribution in [-0.4, -0.2) is 30.8 Å². The molecule has 6 nitrogen and oxygen atoms in total. The Hall–Kier alpha value is -2.87. The van der Waals surface area contributed by atoms with Crippen molar-refractivity contribution in [2.24, 2.45) is 0 Å². The van der Waals surface area contributed by atoms with E-state index in [1.807, 2.05) is 31.2 Å². The number of carbonyl (C=O) groups excluding carboxylic acids is 2. The van der Waals surface area contributed by atoms with Crippen LogP contribution in [0.15, 0.2) is 66.7 Å². The Balaban J connectivity index is 1.49. The second kappa shape index (κ2) is 11.0. The first-order chi connectivity index (χ1) is 16.4. The molecule has 3 aromatic carbocycles. The van der Waals surface area contributed by atoms with Gasteiger partial charge in [0.1, 0.15) is 5.37 Å². The SMILES string of the molecule is CCOc1cc([C@@H]2SCC(=O)N2c2ccc(Cl)cc2)ccc1OCC(=O)Nc1ccc(Cl)cc1. The molecule has 9 heteroatoms. The van der Waals surface area contributed by atoms with E-state index in [1.54, 1.807) is 47.4 Å². The monoisotopic (exact) mass is 516 g/mol. The van der Waals surface area contributed by atoms with Crippen LogP contribution < -0.4 is 19.7 Å². The van der Waals surface area contributed by atoms with E-state index < -0.39 is 0 Å². The summed E-state index contributed by atoms with van der Waals surface area (Å²) in [5.41, 5.74) is 2.30. The third-order valence-electron chi connectivity index (χ3n) is 5.01. The Labute approximate surface area is 212 Å². The number of nitrogens with one attached hydrogen (secondary N) is 1. The lowest BCUT2D eigenvalue weighted by molar-refractivity contribution is -0.118. The van der Waals surface area contributed by atoms with E-state index in [4.69, 9.17) is 32.7 Å². The van der Waals surface area contributed by atoms with Gasteiger partial charge in [-0.25, -0.2) is 0 Å².